The lowest BCUT2D eigenvalue weighted by Gasteiger charge is -2.14. The summed E-state index contributed by atoms with van der Waals surface area (Å²) in [5, 5.41) is 2.66. The van der Waals surface area contributed by atoms with Crippen molar-refractivity contribution in [3.8, 4) is 0 Å². The zero-order valence-electron chi connectivity index (χ0n) is 19.5. The second-order valence-corrected chi connectivity index (χ2v) is 9.50. The van der Waals surface area contributed by atoms with Gasteiger partial charge < -0.3 is 16.4 Å². The third kappa shape index (κ3) is 5.32. The SMILES string of the molecule is Cc1c(Cl)cccc1NC(=O)C1=C(N)[C@H](C(=O)Nc2c(F)c(F)c(F)c(F)c2F)SC1=Nc1ccccc1F. The summed E-state index contributed by atoms with van der Waals surface area (Å²) in [5.41, 5.74) is 4.18. The first kappa shape index (κ1) is 28.0. The summed E-state index contributed by atoms with van der Waals surface area (Å²) in [4.78, 5) is 30.3. The van der Waals surface area contributed by atoms with Crippen LogP contribution in [0, 0.1) is 41.8 Å². The molecule has 4 rings (SSSR count). The number of halogens is 7. The van der Waals surface area contributed by atoms with E-state index in [0.717, 1.165) is 6.07 Å². The minimum absolute atomic E-state index is 0.224. The van der Waals surface area contributed by atoms with Crippen molar-refractivity contribution < 1.29 is 35.9 Å². The molecule has 1 heterocycles. The van der Waals surface area contributed by atoms with Gasteiger partial charge in [0.15, 0.2) is 23.3 Å². The zero-order chi connectivity index (χ0) is 28.6. The van der Waals surface area contributed by atoms with Crippen LogP contribution in [0.15, 0.2) is 58.7 Å². The molecule has 0 aliphatic carbocycles. The maximum absolute atomic E-state index is 14.3. The average Bonchev–Trinajstić information content (AvgIpc) is 3.23. The summed E-state index contributed by atoms with van der Waals surface area (Å²) in [5.74, 6) is -14.5. The minimum atomic E-state index is -2.41. The van der Waals surface area contributed by atoms with Gasteiger partial charge in [0.1, 0.15) is 27.5 Å². The largest absolute Gasteiger partial charge is 0.400 e. The summed E-state index contributed by atoms with van der Waals surface area (Å²) in [6.45, 7) is 1.62. The molecule has 0 unspecified atom stereocenters. The molecule has 2 amide bonds. The molecule has 1 aliphatic heterocycles. The topological polar surface area (TPSA) is 96.6 Å². The van der Waals surface area contributed by atoms with Gasteiger partial charge in [0.2, 0.25) is 11.7 Å². The standard InChI is InChI=1S/C25H15ClF6N4O2S/c1-9-10(26)5-4-8-12(9)34-23(37)14-20(33)22(39-25(14)35-13-7-3-2-6-11(13)27)24(38)36-21-18(31)16(29)15(28)17(30)19(21)32/h2-8,22H,33H2,1H3,(H,34,37)(H,36,38)/t22-/m1/s1. The smallest absolute Gasteiger partial charge is 0.260 e. The summed E-state index contributed by atoms with van der Waals surface area (Å²) in [6.07, 6.45) is 0. The van der Waals surface area contributed by atoms with Crippen LogP contribution in [0.5, 0.6) is 0 Å². The van der Waals surface area contributed by atoms with Gasteiger partial charge in [0.25, 0.3) is 5.91 Å². The van der Waals surface area contributed by atoms with Gasteiger partial charge in [0, 0.05) is 16.4 Å². The number of carbonyl (C=O) groups excluding carboxylic acids is 2. The van der Waals surface area contributed by atoms with Crippen LogP contribution in [-0.4, -0.2) is 22.1 Å². The fourth-order valence-electron chi connectivity index (χ4n) is 3.48. The van der Waals surface area contributed by atoms with Crippen LogP contribution in [0.1, 0.15) is 5.56 Å². The van der Waals surface area contributed by atoms with Crippen LogP contribution in [0.4, 0.5) is 43.4 Å². The fourth-order valence-corrected chi connectivity index (χ4v) is 4.76. The highest BCUT2D eigenvalue weighted by Crippen LogP contribution is 2.37. The molecule has 1 aliphatic rings. The number of thioether (sulfide) groups is 1. The van der Waals surface area contributed by atoms with Gasteiger partial charge in [-0.15, -0.1) is 0 Å². The molecular formula is C25H15ClF6N4O2S. The summed E-state index contributed by atoms with van der Waals surface area (Å²) in [7, 11) is 0. The van der Waals surface area contributed by atoms with E-state index in [9.17, 15) is 35.9 Å². The number of benzene rings is 3. The Morgan fingerprint density at radius 1 is 0.897 bits per heavy atom. The van der Waals surface area contributed by atoms with Crippen LogP contribution >= 0.6 is 23.4 Å². The van der Waals surface area contributed by atoms with E-state index in [4.69, 9.17) is 17.3 Å². The predicted molar refractivity (Wildman–Crippen MR) is 136 cm³/mol. The van der Waals surface area contributed by atoms with Crippen LogP contribution < -0.4 is 16.4 Å². The first-order chi connectivity index (χ1) is 18.4. The van der Waals surface area contributed by atoms with Gasteiger partial charge in [-0.2, -0.15) is 0 Å². The number of anilines is 2. The maximum Gasteiger partial charge on any atom is 0.260 e. The molecular weight excluding hydrogens is 570 g/mol. The van der Waals surface area contributed by atoms with E-state index in [0.29, 0.717) is 22.3 Å². The number of nitrogens with two attached hydrogens (primary N) is 1. The third-order valence-corrected chi connectivity index (χ3v) is 7.16. The molecule has 14 heteroatoms. The molecule has 0 saturated carbocycles. The molecule has 3 aromatic carbocycles. The summed E-state index contributed by atoms with van der Waals surface area (Å²) >= 11 is 6.60. The molecule has 0 spiro atoms. The fraction of sp³-hybridized carbons (Fsp3) is 0.0800. The number of rotatable bonds is 5. The van der Waals surface area contributed by atoms with Crippen molar-refractivity contribution in [3.05, 3.63) is 99.2 Å². The van der Waals surface area contributed by atoms with Crippen LogP contribution in [-0.2, 0) is 9.59 Å². The van der Waals surface area contributed by atoms with Crippen molar-refractivity contribution in [2.24, 2.45) is 10.7 Å². The van der Waals surface area contributed by atoms with Gasteiger partial charge in [0.05, 0.1) is 5.57 Å². The van der Waals surface area contributed by atoms with Crippen molar-refractivity contribution in [3.63, 3.8) is 0 Å². The summed E-state index contributed by atoms with van der Waals surface area (Å²) < 4.78 is 83.2. The number of carbonyl (C=O) groups is 2. The van der Waals surface area contributed by atoms with E-state index in [-0.39, 0.29) is 22.0 Å². The minimum Gasteiger partial charge on any atom is -0.400 e. The molecule has 0 bridgehead atoms. The highest BCUT2D eigenvalue weighted by molar-refractivity contribution is 8.16. The Kier molecular flexibility index (Phi) is 7.93. The number of hydrogen-bond donors (Lipinski definition) is 3. The molecule has 202 valence electrons. The van der Waals surface area contributed by atoms with E-state index < -0.39 is 63.4 Å². The van der Waals surface area contributed by atoms with Crippen molar-refractivity contribution in [2.45, 2.75) is 12.2 Å². The number of para-hydroxylation sites is 1. The van der Waals surface area contributed by atoms with E-state index in [2.05, 4.69) is 10.3 Å². The second kappa shape index (κ2) is 11.0. The number of aliphatic imine (C=N–C) groups is 1. The van der Waals surface area contributed by atoms with E-state index in [1.807, 2.05) is 0 Å². The molecule has 0 saturated heterocycles. The number of hydrogen-bond acceptors (Lipinski definition) is 5. The van der Waals surface area contributed by atoms with Crippen molar-refractivity contribution >= 4 is 57.3 Å². The first-order valence-electron chi connectivity index (χ1n) is 10.8. The summed E-state index contributed by atoms with van der Waals surface area (Å²) in [6, 6.07) is 9.88. The lowest BCUT2D eigenvalue weighted by Crippen LogP contribution is -2.30. The number of amides is 2. The van der Waals surface area contributed by atoms with Crippen LogP contribution in [0.25, 0.3) is 0 Å². The van der Waals surface area contributed by atoms with Crippen LogP contribution in [0.2, 0.25) is 5.02 Å². The van der Waals surface area contributed by atoms with Gasteiger partial charge in [-0.05, 0) is 36.8 Å². The quantitative estimate of drug-likeness (QED) is 0.191. The van der Waals surface area contributed by atoms with Gasteiger partial charge in [-0.3, -0.25) is 9.59 Å². The first-order valence-corrected chi connectivity index (χ1v) is 12.1. The Hall–Kier alpha value is -3.97. The maximum atomic E-state index is 14.3. The van der Waals surface area contributed by atoms with Crippen molar-refractivity contribution in [2.75, 3.05) is 10.6 Å². The van der Waals surface area contributed by atoms with E-state index in [1.54, 1.807) is 24.4 Å². The Morgan fingerprint density at radius 2 is 1.51 bits per heavy atom. The van der Waals surface area contributed by atoms with E-state index >= 15 is 0 Å². The van der Waals surface area contributed by atoms with Gasteiger partial charge in [-0.1, -0.05) is 41.6 Å². The molecule has 0 fully saturated rings. The Balaban J connectivity index is 1.75. The number of nitrogens with one attached hydrogen (secondary N) is 2. The Bertz CT molecular complexity index is 1570. The Labute approximate surface area is 225 Å². The molecule has 0 aromatic heterocycles. The molecule has 3 aromatic rings. The normalized spacial score (nSPS) is 16.1. The predicted octanol–water partition coefficient (Wildman–Crippen LogP) is 6.12. The van der Waals surface area contributed by atoms with Gasteiger partial charge in [-0.25, -0.2) is 31.3 Å². The molecule has 6 nitrogen and oxygen atoms in total. The molecule has 1 atom stereocenters. The molecule has 39 heavy (non-hydrogen) atoms. The highest BCUT2D eigenvalue weighted by Gasteiger charge is 2.40. The van der Waals surface area contributed by atoms with E-state index in [1.165, 1.54) is 24.3 Å². The zero-order valence-corrected chi connectivity index (χ0v) is 21.1. The number of nitrogens with zero attached hydrogens (tertiary/aromatic N) is 1. The van der Waals surface area contributed by atoms with Crippen LogP contribution in [0.3, 0.4) is 0 Å². The molecule has 4 N–H and O–H groups in total. The van der Waals surface area contributed by atoms with Gasteiger partial charge >= 0.3 is 0 Å². The second-order valence-electron chi connectivity index (χ2n) is 8.00. The average molecular weight is 585 g/mol. The lowest BCUT2D eigenvalue weighted by atomic mass is 10.1. The van der Waals surface area contributed by atoms with Crippen molar-refractivity contribution in [1.29, 1.82) is 0 Å². The Morgan fingerprint density at radius 3 is 2.15 bits per heavy atom. The van der Waals surface area contributed by atoms with Crippen molar-refractivity contribution in [1.82, 2.24) is 0 Å². The monoisotopic (exact) mass is 584 g/mol. The third-order valence-electron chi connectivity index (χ3n) is 5.53. The lowest BCUT2D eigenvalue weighted by molar-refractivity contribution is -0.115. The highest BCUT2D eigenvalue weighted by atomic mass is 35.5. The molecule has 0 radical (unpaired) electrons.